The Hall–Kier alpha value is -2.96. The quantitative estimate of drug-likeness (QED) is 0.825. The number of benzene rings is 2. The second-order valence-electron chi connectivity index (χ2n) is 4.89. The van der Waals surface area contributed by atoms with Gasteiger partial charge >= 0.3 is 5.97 Å². The average Bonchev–Trinajstić information content (AvgIpc) is 2.53. The molecule has 2 aromatic rings. The molecular formula is C17H15F2NO4. The van der Waals surface area contributed by atoms with E-state index in [1.165, 1.54) is 7.11 Å². The van der Waals surface area contributed by atoms with E-state index in [0.29, 0.717) is 11.8 Å². The summed E-state index contributed by atoms with van der Waals surface area (Å²) in [6.45, 7) is -0.325. The van der Waals surface area contributed by atoms with Gasteiger partial charge in [0, 0.05) is 11.8 Å². The maximum atomic E-state index is 13.0. The van der Waals surface area contributed by atoms with Crippen LogP contribution in [0.25, 0.3) is 0 Å². The molecular weight excluding hydrogens is 320 g/mol. The third-order valence-electron chi connectivity index (χ3n) is 3.02. The van der Waals surface area contributed by atoms with Crippen molar-refractivity contribution in [3.63, 3.8) is 0 Å². The van der Waals surface area contributed by atoms with Crippen molar-refractivity contribution in [2.24, 2.45) is 0 Å². The average molecular weight is 335 g/mol. The highest BCUT2D eigenvalue weighted by molar-refractivity contribution is 5.91. The first kappa shape index (κ1) is 17.4. The molecule has 0 aliphatic rings. The van der Waals surface area contributed by atoms with Crippen molar-refractivity contribution in [2.45, 2.75) is 6.42 Å². The summed E-state index contributed by atoms with van der Waals surface area (Å²) in [7, 11) is 1.31. The lowest BCUT2D eigenvalue weighted by atomic mass is 10.1. The summed E-state index contributed by atoms with van der Waals surface area (Å²) in [5, 5.41) is 2.33. The fraction of sp³-hybridized carbons (Fsp3) is 0.176. The van der Waals surface area contributed by atoms with Gasteiger partial charge in [0.2, 0.25) is 0 Å². The summed E-state index contributed by atoms with van der Waals surface area (Å²) >= 11 is 0. The Morgan fingerprint density at radius 2 is 1.67 bits per heavy atom. The van der Waals surface area contributed by atoms with Crippen LogP contribution < -0.4 is 10.1 Å². The second kappa shape index (κ2) is 8.05. The highest BCUT2D eigenvalue weighted by Crippen LogP contribution is 2.14. The zero-order valence-electron chi connectivity index (χ0n) is 12.8. The first-order valence-corrected chi connectivity index (χ1v) is 7.01. The monoisotopic (exact) mass is 335 g/mol. The van der Waals surface area contributed by atoms with Crippen LogP contribution in [0, 0.1) is 11.6 Å². The molecule has 0 spiro atoms. The molecule has 0 aliphatic carbocycles. The minimum atomic E-state index is -0.785. The van der Waals surface area contributed by atoms with Crippen LogP contribution in [0.3, 0.4) is 0 Å². The van der Waals surface area contributed by atoms with Gasteiger partial charge in [0.15, 0.2) is 6.61 Å². The first-order chi connectivity index (χ1) is 11.5. The molecule has 0 bridgehead atoms. The van der Waals surface area contributed by atoms with Gasteiger partial charge in [-0.2, -0.15) is 0 Å². The van der Waals surface area contributed by atoms with E-state index in [-0.39, 0.29) is 24.7 Å². The van der Waals surface area contributed by atoms with E-state index >= 15 is 0 Å². The van der Waals surface area contributed by atoms with Crippen molar-refractivity contribution in [3.8, 4) is 5.75 Å². The van der Waals surface area contributed by atoms with Gasteiger partial charge in [0.25, 0.3) is 5.91 Å². The number of carbonyl (C=O) groups excluding carboxylic acids is 2. The fourth-order valence-electron chi connectivity index (χ4n) is 1.91. The minimum absolute atomic E-state index is 0.00882. The largest absolute Gasteiger partial charge is 0.484 e. The molecule has 2 aromatic carbocycles. The molecule has 0 saturated heterocycles. The SMILES string of the molecule is COC(=O)Cc1ccc(OCC(=O)Nc2cc(F)cc(F)c2)cc1. The molecule has 0 heterocycles. The molecule has 24 heavy (non-hydrogen) atoms. The van der Waals surface area contributed by atoms with E-state index in [9.17, 15) is 18.4 Å². The Morgan fingerprint density at radius 3 is 2.25 bits per heavy atom. The number of hydrogen-bond acceptors (Lipinski definition) is 4. The summed E-state index contributed by atoms with van der Waals surface area (Å²) in [5.74, 6) is -2.06. The van der Waals surface area contributed by atoms with Crippen LogP contribution in [-0.2, 0) is 20.7 Å². The van der Waals surface area contributed by atoms with Crippen LogP contribution in [0.5, 0.6) is 5.75 Å². The zero-order valence-corrected chi connectivity index (χ0v) is 12.8. The van der Waals surface area contributed by atoms with E-state index in [4.69, 9.17) is 4.74 Å². The lowest BCUT2D eigenvalue weighted by Gasteiger charge is -2.08. The normalized spacial score (nSPS) is 10.1. The van der Waals surface area contributed by atoms with Crippen molar-refractivity contribution in [3.05, 3.63) is 59.7 Å². The Bertz CT molecular complexity index is 712. The zero-order chi connectivity index (χ0) is 17.5. The molecule has 0 aliphatic heterocycles. The van der Waals surface area contributed by atoms with Crippen molar-refractivity contribution < 1.29 is 27.8 Å². The number of halogens is 2. The van der Waals surface area contributed by atoms with Gasteiger partial charge in [0.1, 0.15) is 17.4 Å². The van der Waals surface area contributed by atoms with Gasteiger partial charge in [-0.15, -0.1) is 0 Å². The highest BCUT2D eigenvalue weighted by Gasteiger charge is 2.07. The molecule has 0 radical (unpaired) electrons. The van der Waals surface area contributed by atoms with E-state index in [2.05, 4.69) is 10.1 Å². The molecule has 1 N–H and O–H groups in total. The predicted molar refractivity (Wildman–Crippen MR) is 82.6 cm³/mol. The van der Waals surface area contributed by atoms with Gasteiger partial charge < -0.3 is 14.8 Å². The van der Waals surface area contributed by atoms with E-state index in [1.54, 1.807) is 24.3 Å². The Balaban J connectivity index is 1.86. The smallest absolute Gasteiger partial charge is 0.309 e. The van der Waals surface area contributed by atoms with Crippen LogP contribution in [0.4, 0.5) is 14.5 Å². The third kappa shape index (κ3) is 5.35. The lowest BCUT2D eigenvalue weighted by Crippen LogP contribution is -2.20. The number of carbonyl (C=O) groups is 2. The molecule has 0 fully saturated rings. The first-order valence-electron chi connectivity index (χ1n) is 7.01. The Labute approximate surface area is 137 Å². The van der Waals surface area contributed by atoms with Crippen LogP contribution in [0.15, 0.2) is 42.5 Å². The molecule has 7 heteroatoms. The molecule has 126 valence electrons. The van der Waals surface area contributed by atoms with Gasteiger partial charge in [-0.1, -0.05) is 12.1 Å². The highest BCUT2D eigenvalue weighted by atomic mass is 19.1. The van der Waals surface area contributed by atoms with E-state index in [0.717, 1.165) is 17.7 Å². The number of amides is 1. The lowest BCUT2D eigenvalue weighted by molar-refractivity contribution is -0.139. The fourth-order valence-corrected chi connectivity index (χ4v) is 1.91. The Morgan fingerprint density at radius 1 is 1.04 bits per heavy atom. The number of esters is 1. The number of anilines is 1. The van der Waals surface area contributed by atoms with E-state index in [1.807, 2.05) is 0 Å². The maximum Gasteiger partial charge on any atom is 0.309 e. The predicted octanol–water partition coefficient (Wildman–Crippen LogP) is 2.70. The minimum Gasteiger partial charge on any atom is -0.484 e. The molecule has 0 aromatic heterocycles. The number of ether oxygens (including phenoxy) is 2. The van der Waals surface area contributed by atoms with Crippen LogP contribution in [0.2, 0.25) is 0 Å². The van der Waals surface area contributed by atoms with Crippen LogP contribution >= 0.6 is 0 Å². The van der Waals surface area contributed by atoms with Gasteiger partial charge in [-0.05, 0) is 29.8 Å². The molecule has 1 amide bonds. The molecule has 0 saturated carbocycles. The molecule has 0 unspecified atom stereocenters. The van der Waals surface area contributed by atoms with Crippen LogP contribution in [-0.4, -0.2) is 25.6 Å². The van der Waals surface area contributed by atoms with E-state index < -0.39 is 17.5 Å². The summed E-state index contributed by atoms with van der Waals surface area (Å²) < 4.78 is 35.9. The number of methoxy groups -OCH3 is 1. The van der Waals surface area contributed by atoms with Gasteiger partial charge in [0.05, 0.1) is 13.5 Å². The number of rotatable bonds is 6. The van der Waals surface area contributed by atoms with Gasteiger partial charge in [-0.25, -0.2) is 8.78 Å². The summed E-state index contributed by atoms with van der Waals surface area (Å²) in [4.78, 5) is 22.9. The summed E-state index contributed by atoms with van der Waals surface area (Å²) in [6.07, 6.45) is 0.141. The second-order valence-corrected chi connectivity index (χ2v) is 4.89. The standard InChI is InChI=1S/C17H15F2NO4/c1-23-17(22)6-11-2-4-15(5-3-11)24-10-16(21)20-14-8-12(18)7-13(19)9-14/h2-5,7-9H,6,10H2,1H3,(H,20,21). The number of hydrogen-bond donors (Lipinski definition) is 1. The number of nitrogens with one attached hydrogen (secondary N) is 1. The summed E-state index contributed by atoms with van der Waals surface area (Å²) in [6, 6.07) is 9.27. The van der Waals surface area contributed by atoms with Crippen molar-refractivity contribution in [1.82, 2.24) is 0 Å². The molecule has 2 rings (SSSR count). The van der Waals surface area contributed by atoms with Crippen molar-refractivity contribution in [2.75, 3.05) is 19.0 Å². The van der Waals surface area contributed by atoms with Crippen molar-refractivity contribution >= 4 is 17.6 Å². The van der Waals surface area contributed by atoms with Crippen LogP contribution in [0.1, 0.15) is 5.56 Å². The molecule has 5 nitrogen and oxygen atoms in total. The molecule has 0 atom stereocenters. The maximum absolute atomic E-state index is 13.0. The summed E-state index contributed by atoms with van der Waals surface area (Å²) in [5.41, 5.74) is 0.753. The van der Waals surface area contributed by atoms with Crippen molar-refractivity contribution in [1.29, 1.82) is 0 Å². The van der Waals surface area contributed by atoms with Gasteiger partial charge in [-0.3, -0.25) is 9.59 Å². The topological polar surface area (TPSA) is 64.6 Å². The Kier molecular flexibility index (Phi) is 5.83. The third-order valence-corrected chi connectivity index (χ3v) is 3.02.